The summed E-state index contributed by atoms with van der Waals surface area (Å²) in [6, 6.07) is 9.86. The molecule has 0 fully saturated rings. The first kappa shape index (κ1) is 12.5. The average Bonchev–Trinajstić information content (AvgIpc) is 3.01. The zero-order valence-electron chi connectivity index (χ0n) is 11.3. The van der Waals surface area contributed by atoms with Crippen LogP contribution in [0.3, 0.4) is 0 Å². The molecule has 0 unspecified atom stereocenters. The van der Waals surface area contributed by atoms with Gasteiger partial charge >= 0.3 is 0 Å². The monoisotopic (exact) mass is 341 g/mol. The predicted octanol–water partition coefficient (Wildman–Crippen LogP) is 4.40. The van der Waals surface area contributed by atoms with Crippen LogP contribution in [0.15, 0.2) is 51.6 Å². The molecule has 4 aromatic rings. The number of fused-ring (bicyclic) bond motifs is 2. The number of halogens is 1. The molecule has 0 aliphatic heterocycles. The summed E-state index contributed by atoms with van der Waals surface area (Å²) < 4.78 is 8.84. The Bertz CT molecular complexity index is 984. The second-order valence-corrected chi connectivity index (χ2v) is 6.02. The van der Waals surface area contributed by atoms with E-state index in [1.807, 2.05) is 54.0 Å². The molecule has 0 spiro atoms. The Morgan fingerprint density at radius 1 is 1.19 bits per heavy atom. The predicted molar refractivity (Wildman–Crippen MR) is 87.2 cm³/mol. The molecule has 21 heavy (non-hydrogen) atoms. The van der Waals surface area contributed by atoms with Crippen LogP contribution in [-0.2, 0) is 0 Å². The van der Waals surface area contributed by atoms with Crippen LogP contribution in [0.1, 0.15) is 5.56 Å². The molecule has 0 aliphatic carbocycles. The Balaban J connectivity index is 1.93. The Morgan fingerprint density at radius 2 is 2.05 bits per heavy atom. The lowest BCUT2D eigenvalue weighted by Crippen LogP contribution is -1.92. The molecule has 0 saturated heterocycles. The summed E-state index contributed by atoms with van der Waals surface area (Å²) in [7, 11) is 0. The summed E-state index contributed by atoms with van der Waals surface area (Å²) in [5.74, 6) is 0.754. The molecule has 0 saturated carbocycles. The van der Waals surface area contributed by atoms with Crippen LogP contribution in [0.25, 0.3) is 28.1 Å². The lowest BCUT2D eigenvalue weighted by molar-refractivity contribution is 0.629. The normalized spacial score (nSPS) is 11.5. The van der Waals surface area contributed by atoms with Crippen LogP contribution in [-0.4, -0.2) is 9.38 Å². The number of pyridine rings is 1. The van der Waals surface area contributed by atoms with Crippen molar-refractivity contribution in [3.05, 3.63) is 52.8 Å². The van der Waals surface area contributed by atoms with E-state index in [1.54, 1.807) is 0 Å². The molecule has 4 nitrogen and oxygen atoms in total. The summed E-state index contributed by atoms with van der Waals surface area (Å²) >= 11 is 3.47. The Hall–Kier alpha value is -2.27. The van der Waals surface area contributed by atoms with E-state index in [4.69, 9.17) is 10.2 Å². The summed E-state index contributed by atoms with van der Waals surface area (Å²) in [6.07, 6.45) is 3.80. The van der Waals surface area contributed by atoms with Gasteiger partial charge in [0.25, 0.3) is 0 Å². The first-order valence-corrected chi connectivity index (χ1v) is 7.34. The summed E-state index contributed by atoms with van der Waals surface area (Å²) in [6.45, 7) is 2.00. The highest BCUT2D eigenvalue weighted by molar-refractivity contribution is 9.10. The van der Waals surface area contributed by atoms with E-state index in [0.29, 0.717) is 0 Å². The maximum atomic E-state index is 5.88. The number of aryl methyl sites for hydroxylation is 1. The summed E-state index contributed by atoms with van der Waals surface area (Å²) in [5, 5.41) is 1.05. The van der Waals surface area contributed by atoms with Gasteiger partial charge in [-0.05, 0) is 42.8 Å². The number of imidazole rings is 1. The van der Waals surface area contributed by atoms with E-state index in [0.717, 1.165) is 43.8 Å². The molecule has 4 rings (SSSR count). The maximum absolute atomic E-state index is 5.88. The minimum atomic E-state index is 0.720. The van der Waals surface area contributed by atoms with Gasteiger partial charge in [0.1, 0.15) is 16.9 Å². The van der Waals surface area contributed by atoms with Crippen molar-refractivity contribution in [1.82, 2.24) is 9.38 Å². The molecule has 1 aromatic carbocycles. The summed E-state index contributed by atoms with van der Waals surface area (Å²) in [5.41, 5.74) is 10.2. The molecule has 0 aliphatic rings. The van der Waals surface area contributed by atoms with Crippen molar-refractivity contribution in [3.63, 3.8) is 0 Å². The number of nitrogen functional groups attached to an aromatic ring is 1. The van der Waals surface area contributed by atoms with E-state index in [1.165, 1.54) is 0 Å². The quantitative estimate of drug-likeness (QED) is 0.558. The van der Waals surface area contributed by atoms with Crippen molar-refractivity contribution in [2.24, 2.45) is 0 Å². The van der Waals surface area contributed by atoms with Gasteiger partial charge in [0.2, 0.25) is 0 Å². The van der Waals surface area contributed by atoms with E-state index in [9.17, 15) is 0 Å². The molecule has 0 atom stereocenters. The van der Waals surface area contributed by atoms with Crippen molar-refractivity contribution in [1.29, 1.82) is 0 Å². The Kier molecular flexibility index (Phi) is 2.59. The van der Waals surface area contributed by atoms with Gasteiger partial charge in [-0.15, -0.1) is 0 Å². The van der Waals surface area contributed by atoms with Crippen molar-refractivity contribution in [2.75, 3.05) is 5.73 Å². The fourth-order valence-corrected chi connectivity index (χ4v) is 2.93. The second-order valence-electron chi connectivity index (χ2n) is 5.11. The fourth-order valence-electron chi connectivity index (χ4n) is 2.56. The van der Waals surface area contributed by atoms with Gasteiger partial charge < -0.3 is 14.6 Å². The zero-order valence-corrected chi connectivity index (χ0v) is 12.9. The highest BCUT2D eigenvalue weighted by Gasteiger charge is 2.12. The van der Waals surface area contributed by atoms with E-state index in [2.05, 4.69) is 20.9 Å². The number of nitrogens with two attached hydrogens (primary N) is 1. The zero-order chi connectivity index (χ0) is 14.6. The van der Waals surface area contributed by atoms with Gasteiger partial charge in [0.15, 0.2) is 5.76 Å². The lowest BCUT2D eigenvalue weighted by Gasteiger charge is -1.98. The van der Waals surface area contributed by atoms with Gasteiger partial charge in [0, 0.05) is 27.9 Å². The van der Waals surface area contributed by atoms with Crippen LogP contribution in [0.2, 0.25) is 0 Å². The van der Waals surface area contributed by atoms with Crippen LogP contribution >= 0.6 is 15.9 Å². The van der Waals surface area contributed by atoms with Crippen LogP contribution in [0, 0.1) is 6.92 Å². The molecular weight excluding hydrogens is 330 g/mol. The molecule has 0 amide bonds. The Morgan fingerprint density at radius 3 is 2.90 bits per heavy atom. The molecule has 3 aromatic heterocycles. The molecule has 104 valence electrons. The van der Waals surface area contributed by atoms with Gasteiger partial charge in [-0.25, -0.2) is 4.98 Å². The SMILES string of the molecule is Cc1cc(N)cn2cc(-c3cc4cc(Br)ccc4o3)nc12. The highest BCUT2D eigenvalue weighted by atomic mass is 79.9. The van der Waals surface area contributed by atoms with Crippen molar-refractivity contribution >= 4 is 38.2 Å². The topological polar surface area (TPSA) is 56.5 Å². The number of hydrogen-bond donors (Lipinski definition) is 1. The van der Waals surface area contributed by atoms with Crippen LogP contribution in [0.4, 0.5) is 5.69 Å². The molecule has 3 heterocycles. The van der Waals surface area contributed by atoms with Crippen LogP contribution < -0.4 is 5.73 Å². The van der Waals surface area contributed by atoms with E-state index < -0.39 is 0 Å². The number of hydrogen-bond acceptors (Lipinski definition) is 3. The third-order valence-electron chi connectivity index (χ3n) is 3.49. The van der Waals surface area contributed by atoms with Crippen molar-refractivity contribution < 1.29 is 4.42 Å². The largest absolute Gasteiger partial charge is 0.454 e. The molecule has 5 heteroatoms. The summed E-state index contributed by atoms with van der Waals surface area (Å²) in [4.78, 5) is 4.64. The standard InChI is InChI=1S/C16H12BrN3O/c1-9-4-12(18)7-20-8-13(19-16(9)20)15-6-10-5-11(17)2-3-14(10)21-15/h2-8H,18H2,1H3. The van der Waals surface area contributed by atoms with Gasteiger partial charge in [0.05, 0.1) is 0 Å². The first-order chi connectivity index (χ1) is 10.1. The van der Waals surface area contributed by atoms with E-state index in [-0.39, 0.29) is 0 Å². The number of anilines is 1. The van der Waals surface area contributed by atoms with Crippen LogP contribution in [0.5, 0.6) is 0 Å². The fraction of sp³-hybridized carbons (Fsp3) is 0.0625. The Labute approximate surface area is 129 Å². The van der Waals surface area contributed by atoms with Crippen molar-refractivity contribution in [3.8, 4) is 11.5 Å². The first-order valence-electron chi connectivity index (χ1n) is 6.54. The number of aromatic nitrogens is 2. The molecule has 2 N–H and O–H groups in total. The molecule has 0 bridgehead atoms. The second kappa shape index (κ2) is 4.36. The number of nitrogens with zero attached hydrogens (tertiary/aromatic N) is 2. The molecular formula is C16H12BrN3O. The minimum absolute atomic E-state index is 0.720. The minimum Gasteiger partial charge on any atom is -0.454 e. The van der Waals surface area contributed by atoms with Crippen molar-refractivity contribution in [2.45, 2.75) is 6.92 Å². The van der Waals surface area contributed by atoms with Gasteiger partial charge in [-0.2, -0.15) is 0 Å². The lowest BCUT2D eigenvalue weighted by atomic mass is 10.2. The van der Waals surface area contributed by atoms with E-state index >= 15 is 0 Å². The van der Waals surface area contributed by atoms with Gasteiger partial charge in [-0.3, -0.25) is 0 Å². The maximum Gasteiger partial charge on any atom is 0.155 e. The number of rotatable bonds is 1. The van der Waals surface area contributed by atoms with Gasteiger partial charge in [-0.1, -0.05) is 15.9 Å². The third kappa shape index (κ3) is 2.01. The number of furan rings is 1. The third-order valence-corrected chi connectivity index (χ3v) is 3.98. The molecule has 0 radical (unpaired) electrons. The smallest absolute Gasteiger partial charge is 0.155 e. The average molecular weight is 342 g/mol. The highest BCUT2D eigenvalue weighted by Crippen LogP contribution is 2.30. The number of benzene rings is 1.